The van der Waals surface area contributed by atoms with E-state index in [9.17, 15) is 4.79 Å². The summed E-state index contributed by atoms with van der Waals surface area (Å²) >= 11 is 3.48. The number of hydrogen-bond donors (Lipinski definition) is 0. The molecule has 2 heterocycles. The van der Waals surface area contributed by atoms with Crippen molar-refractivity contribution in [1.82, 2.24) is 9.58 Å². The number of rotatable bonds is 3. The van der Waals surface area contributed by atoms with Gasteiger partial charge in [0, 0.05) is 46.2 Å². The van der Waals surface area contributed by atoms with Crippen LogP contribution < -0.4 is 0 Å². The molecule has 1 atom stereocenters. The summed E-state index contributed by atoms with van der Waals surface area (Å²) in [4.78, 5) is 12.4. The SMILES string of the molecule is CCn1c2ccccc2c2cc(C3CC(c4ccc(Br)cc4)=NN3C(C)=O)ccc21. The number of aryl methyl sites for hydroxylation is 1. The molecule has 3 aromatic carbocycles. The summed E-state index contributed by atoms with van der Waals surface area (Å²) in [6.45, 7) is 4.68. The molecule has 0 saturated heterocycles. The number of fused-ring (bicyclic) bond motifs is 3. The Labute approximate surface area is 183 Å². The van der Waals surface area contributed by atoms with Crippen molar-refractivity contribution in [2.45, 2.75) is 32.9 Å². The lowest BCUT2D eigenvalue weighted by Crippen LogP contribution is -2.24. The minimum absolute atomic E-state index is 0.0387. The Hall–Kier alpha value is -2.92. The predicted molar refractivity (Wildman–Crippen MR) is 126 cm³/mol. The maximum Gasteiger partial charge on any atom is 0.240 e. The van der Waals surface area contributed by atoms with E-state index >= 15 is 0 Å². The van der Waals surface area contributed by atoms with Gasteiger partial charge in [-0.3, -0.25) is 4.79 Å². The summed E-state index contributed by atoms with van der Waals surface area (Å²) in [6, 6.07) is 23.1. The van der Waals surface area contributed by atoms with Crippen LogP contribution >= 0.6 is 15.9 Å². The van der Waals surface area contributed by atoms with Crippen LogP contribution in [0.4, 0.5) is 0 Å². The lowest BCUT2D eigenvalue weighted by molar-refractivity contribution is -0.130. The molecular weight excluding hydrogens is 438 g/mol. The zero-order chi connectivity index (χ0) is 20.8. The first-order valence-electron chi connectivity index (χ1n) is 10.2. The lowest BCUT2D eigenvalue weighted by Gasteiger charge is -2.20. The minimum atomic E-state index is -0.0886. The Morgan fingerprint density at radius 1 is 1.03 bits per heavy atom. The van der Waals surface area contributed by atoms with Gasteiger partial charge in [0.2, 0.25) is 5.91 Å². The molecule has 0 bridgehead atoms. The third kappa shape index (κ3) is 3.05. The third-order valence-electron chi connectivity index (χ3n) is 5.91. The fraction of sp³-hybridized carbons (Fsp3) is 0.200. The number of hydrogen-bond acceptors (Lipinski definition) is 2. The second-order valence-electron chi connectivity index (χ2n) is 7.68. The van der Waals surface area contributed by atoms with E-state index in [0.29, 0.717) is 6.42 Å². The second-order valence-corrected chi connectivity index (χ2v) is 8.59. The monoisotopic (exact) mass is 459 g/mol. The summed E-state index contributed by atoms with van der Waals surface area (Å²) < 4.78 is 3.37. The standard InChI is InChI=1S/C25H22BrN3O/c1-3-28-23-7-5-4-6-20(23)21-14-18(10-13-24(21)28)25-15-22(27-29(25)16(2)30)17-8-11-19(26)12-9-17/h4-14,25H,3,15H2,1-2H3. The van der Waals surface area contributed by atoms with E-state index < -0.39 is 0 Å². The van der Waals surface area contributed by atoms with Crippen LogP contribution in [0.5, 0.6) is 0 Å². The van der Waals surface area contributed by atoms with Gasteiger partial charge < -0.3 is 4.57 Å². The van der Waals surface area contributed by atoms with Gasteiger partial charge >= 0.3 is 0 Å². The fourth-order valence-electron chi connectivity index (χ4n) is 4.50. The molecular formula is C25H22BrN3O. The van der Waals surface area contributed by atoms with Gasteiger partial charge in [-0.05, 0) is 48.4 Å². The highest BCUT2D eigenvalue weighted by atomic mass is 79.9. The number of amides is 1. The molecule has 4 aromatic rings. The molecule has 5 rings (SSSR count). The molecule has 0 N–H and O–H groups in total. The van der Waals surface area contributed by atoms with Crippen LogP contribution in [-0.2, 0) is 11.3 Å². The van der Waals surface area contributed by atoms with Crippen molar-refractivity contribution in [2.24, 2.45) is 5.10 Å². The van der Waals surface area contributed by atoms with Crippen molar-refractivity contribution < 1.29 is 4.79 Å². The van der Waals surface area contributed by atoms with E-state index in [1.807, 2.05) is 24.3 Å². The smallest absolute Gasteiger partial charge is 0.240 e. The molecule has 5 heteroatoms. The molecule has 0 aliphatic carbocycles. The summed E-state index contributed by atoms with van der Waals surface area (Å²) in [7, 11) is 0. The first kappa shape index (κ1) is 19.1. The van der Waals surface area contributed by atoms with E-state index in [1.54, 1.807) is 11.9 Å². The molecule has 1 aliphatic rings. The number of carbonyl (C=O) groups is 1. The van der Waals surface area contributed by atoms with E-state index in [2.05, 4.69) is 75.0 Å². The largest absolute Gasteiger partial charge is 0.341 e. The first-order valence-corrected chi connectivity index (χ1v) is 11.0. The quantitative estimate of drug-likeness (QED) is 0.355. The predicted octanol–water partition coefficient (Wildman–Crippen LogP) is 6.27. The van der Waals surface area contributed by atoms with Crippen molar-refractivity contribution in [3.63, 3.8) is 0 Å². The Morgan fingerprint density at radius 2 is 1.77 bits per heavy atom. The lowest BCUT2D eigenvalue weighted by atomic mass is 9.97. The Kier molecular flexibility index (Phi) is 4.70. The van der Waals surface area contributed by atoms with Gasteiger partial charge in [-0.1, -0.05) is 52.3 Å². The van der Waals surface area contributed by atoms with Gasteiger partial charge in [-0.25, -0.2) is 5.01 Å². The molecule has 1 unspecified atom stereocenters. The van der Waals surface area contributed by atoms with Crippen molar-refractivity contribution in [3.05, 3.63) is 82.3 Å². The normalized spacial score (nSPS) is 16.4. The van der Waals surface area contributed by atoms with E-state index in [1.165, 1.54) is 21.8 Å². The van der Waals surface area contributed by atoms with Crippen LogP contribution in [0.3, 0.4) is 0 Å². The maximum atomic E-state index is 12.4. The van der Waals surface area contributed by atoms with Gasteiger partial charge in [0.1, 0.15) is 0 Å². The number of halogens is 1. The molecule has 4 nitrogen and oxygen atoms in total. The van der Waals surface area contributed by atoms with E-state index in [0.717, 1.165) is 27.9 Å². The zero-order valence-corrected chi connectivity index (χ0v) is 18.6. The number of aromatic nitrogens is 1. The van der Waals surface area contributed by atoms with Crippen LogP contribution in [0, 0.1) is 0 Å². The van der Waals surface area contributed by atoms with Crippen LogP contribution in [-0.4, -0.2) is 21.2 Å². The Bertz CT molecular complexity index is 1300. The maximum absolute atomic E-state index is 12.4. The second kappa shape index (κ2) is 7.40. The molecule has 30 heavy (non-hydrogen) atoms. The number of benzene rings is 3. The van der Waals surface area contributed by atoms with Crippen LogP contribution in [0.2, 0.25) is 0 Å². The topological polar surface area (TPSA) is 37.6 Å². The van der Waals surface area contributed by atoms with Crippen LogP contribution in [0.15, 0.2) is 76.3 Å². The van der Waals surface area contributed by atoms with Crippen LogP contribution in [0.25, 0.3) is 21.8 Å². The van der Waals surface area contributed by atoms with Crippen molar-refractivity contribution in [3.8, 4) is 0 Å². The number of carbonyl (C=O) groups excluding carboxylic acids is 1. The summed E-state index contributed by atoms with van der Waals surface area (Å²) in [5, 5.41) is 8.80. The van der Waals surface area contributed by atoms with Gasteiger partial charge in [-0.2, -0.15) is 5.10 Å². The number of para-hydroxylation sites is 1. The van der Waals surface area contributed by atoms with Crippen molar-refractivity contribution >= 4 is 49.4 Å². The Morgan fingerprint density at radius 3 is 2.50 bits per heavy atom. The highest BCUT2D eigenvalue weighted by molar-refractivity contribution is 9.10. The summed E-state index contributed by atoms with van der Waals surface area (Å²) in [5.74, 6) is -0.0387. The average molecular weight is 460 g/mol. The van der Waals surface area contributed by atoms with Gasteiger partial charge in [-0.15, -0.1) is 0 Å². The molecule has 0 fully saturated rings. The Balaban J connectivity index is 1.60. The zero-order valence-electron chi connectivity index (χ0n) is 17.0. The fourth-order valence-corrected chi connectivity index (χ4v) is 4.76. The molecule has 1 aromatic heterocycles. The molecule has 0 radical (unpaired) electrons. The third-order valence-corrected chi connectivity index (χ3v) is 6.44. The van der Waals surface area contributed by atoms with Gasteiger partial charge in [0.15, 0.2) is 0 Å². The van der Waals surface area contributed by atoms with Crippen molar-refractivity contribution in [1.29, 1.82) is 0 Å². The molecule has 150 valence electrons. The first-order chi connectivity index (χ1) is 14.6. The van der Waals surface area contributed by atoms with Gasteiger partial charge in [0.25, 0.3) is 0 Å². The molecule has 0 spiro atoms. The molecule has 1 aliphatic heterocycles. The number of nitrogens with zero attached hydrogens (tertiary/aromatic N) is 3. The average Bonchev–Trinajstić information content (AvgIpc) is 3.34. The molecule has 1 amide bonds. The summed E-state index contributed by atoms with van der Waals surface area (Å²) in [6.07, 6.45) is 0.707. The van der Waals surface area contributed by atoms with Gasteiger partial charge in [0.05, 0.1) is 11.8 Å². The number of hydrazone groups is 1. The summed E-state index contributed by atoms with van der Waals surface area (Å²) in [5.41, 5.74) is 5.58. The highest BCUT2D eigenvalue weighted by Gasteiger charge is 2.31. The van der Waals surface area contributed by atoms with Crippen LogP contribution in [0.1, 0.15) is 37.4 Å². The van der Waals surface area contributed by atoms with Crippen molar-refractivity contribution in [2.75, 3.05) is 0 Å². The highest BCUT2D eigenvalue weighted by Crippen LogP contribution is 2.37. The van der Waals surface area contributed by atoms with E-state index in [4.69, 9.17) is 0 Å². The minimum Gasteiger partial charge on any atom is -0.341 e. The van der Waals surface area contributed by atoms with E-state index in [-0.39, 0.29) is 11.9 Å². The molecule has 0 saturated carbocycles.